The molecule has 1 aromatic heterocycles. The summed E-state index contributed by atoms with van der Waals surface area (Å²) in [4.78, 5) is 6.96. The lowest BCUT2D eigenvalue weighted by molar-refractivity contribution is 0.173. The molecule has 0 unspecified atom stereocenters. The molecule has 0 bridgehead atoms. The molecule has 1 heterocycles. The average Bonchev–Trinajstić information content (AvgIpc) is 2.58. The van der Waals surface area contributed by atoms with Crippen LogP contribution in [0.25, 0.3) is 10.9 Å². The molecule has 4 heteroatoms. The first-order valence-electron chi connectivity index (χ1n) is 9.84. The third-order valence-corrected chi connectivity index (χ3v) is 4.98. The number of anilines is 1. The van der Waals surface area contributed by atoms with Gasteiger partial charge in [-0.1, -0.05) is 25.5 Å². The van der Waals surface area contributed by atoms with Gasteiger partial charge in [-0.2, -0.15) is 0 Å². The third-order valence-electron chi connectivity index (χ3n) is 4.98. The van der Waals surface area contributed by atoms with Crippen molar-refractivity contribution in [3.8, 4) is 5.75 Å². The average molecular weight is 358 g/mol. The van der Waals surface area contributed by atoms with Crippen molar-refractivity contribution >= 4 is 16.7 Å². The molecule has 2 aromatic rings. The fourth-order valence-corrected chi connectivity index (χ4v) is 2.82. The Labute approximate surface area is 158 Å². The molecule has 0 saturated carbocycles. The van der Waals surface area contributed by atoms with Gasteiger partial charge in [-0.25, -0.2) is 4.98 Å². The van der Waals surface area contributed by atoms with Crippen molar-refractivity contribution in [3.05, 3.63) is 29.8 Å². The zero-order valence-electron chi connectivity index (χ0n) is 17.1. The number of aromatic nitrogens is 1. The first kappa shape index (κ1) is 20.5. The predicted octanol–water partition coefficient (Wildman–Crippen LogP) is 5.05. The van der Waals surface area contributed by atoms with E-state index < -0.39 is 0 Å². The highest BCUT2D eigenvalue weighted by atomic mass is 16.5. The van der Waals surface area contributed by atoms with Crippen LogP contribution in [0.1, 0.15) is 58.9 Å². The van der Waals surface area contributed by atoms with Crippen LogP contribution in [0.4, 0.5) is 5.82 Å². The minimum Gasteiger partial charge on any atom is -0.490 e. The van der Waals surface area contributed by atoms with Crippen molar-refractivity contribution in [2.45, 2.75) is 65.3 Å². The molecular formula is C22H35N3O. The topological polar surface area (TPSA) is 51.4 Å². The number of pyridine rings is 1. The summed E-state index contributed by atoms with van der Waals surface area (Å²) in [5, 5.41) is 1.09. The van der Waals surface area contributed by atoms with Crippen LogP contribution >= 0.6 is 0 Å². The molecule has 2 rings (SSSR count). The van der Waals surface area contributed by atoms with Gasteiger partial charge in [0.05, 0.1) is 12.1 Å². The summed E-state index contributed by atoms with van der Waals surface area (Å²) in [6.07, 6.45) is 5.59. The van der Waals surface area contributed by atoms with E-state index in [0.717, 1.165) is 36.7 Å². The molecule has 0 aliphatic rings. The van der Waals surface area contributed by atoms with Crippen LogP contribution in [-0.4, -0.2) is 35.6 Å². The SMILES string of the molecule is CCCCOc1cc2ccc(CCCCN(C)C(C)(C)C)cc2nc1N. The Morgan fingerprint density at radius 3 is 2.58 bits per heavy atom. The molecule has 26 heavy (non-hydrogen) atoms. The molecule has 0 amide bonds. The number of fused-ring (bicyclic) bond motifs is 1. The van der Waals surface area contributed by atoms with Gasteiger partial charge in [0.2, 0.25) is 0 Å². The van der Waals surface area contributed by atoms with E-state index >= 15 is 0 Å². The quantitative estimate of drug-likeness (QED) is 0.638. The molecule has 0 fully saturated rings. The van der Waals surface area contributed by atoms with Gasteiger partial charge in [0.1, 0.15) is 0 Å². The van der Waals surface area contributed by atoms with E-state index in [0.29, 0.717) is 18.2 Å². The summed E-state index contributed by atoms with van der Waals surface area (Å²) in [6, 6.07) is 8.50. The van der Waals surface area contributed by atoms with Crippen LogP contribution in [0.15, 0.2) is 24.3 Å². The van der Waals surface area contributed by atoms with Crippen molar-refractivity contribution in [1.82, 2.24) is 9.88 Å². The highest BCUT2D eigenvalue weighted by Gasteiger charge is 2.15. The van der Waals surface area contributed by atoms with E-state index in [-0.39, 0.29) is 5.54 Å². The second-order valence-corrected chi connectivity index (χ2v) is 8.15. The standard InChI is InChI=1S/C22H35N3O/c1-6-7-14-26-20-16-18-12-11-17(15-19(18)24-21(20)23)10-8-9-13-25(5)22(2,3)4/h11-12,15-16H,6-10,13-14H2,1-5H3,(H2,23,24). The van der Waals surface area contributed by atoms with Gasteiger partial charge in [0.15, 0.2) is 11.6 Å². The Morgan fingerprint density at radius 2 is 1.88 bits per heavy atom. The van der Waals surface area contributed by atoms with Crippen molar-refractivity contribution in [1.29, 1.82) is 0 Å². The minimum absolute atomic E-state index is 0.237. The number of ether oxygens (including phenoxy) is 1. The molecular weight excluding hydrogens is 322 g/mol. The molecule has 2 N–H and O–H groups in total. The smallest absolute Gasteiger partial charge is 0.166 e. The summed E-state index contributed by atoms with van der Waals surface area (Å²) in [7, 11) is 2.20. The normalized spacial score (nSPS) is 12.1. The molecule has 0 atom stereocenters. The zero-order chi connectivity index (χ0) is 19.2. The Hall–Kier alpha value is -1.81. The van der Waals surface area contributed by atoms with Crippen LogP contribution in [0.2, 0.25) is 0 Å². The van der Waals surface area contributed by atoms with E-state index in [9.17, 15) is 0 Å². The summed E-state index contributed by atoms with van der Waals surface area (Å²) in [5.41, 5.74) is 8.59. The van der Waals surface area contributed by atoms with E-state index in [1.807, 2.05) is 6.07 Å². The molecule has 0 aliphatic carbocycles. The lowest BCUT2D eigenvalue weighted by Gasteiger charge is -2.31. The van der Waals surface area contributed by atoms with Gasteiger partial charge in [-0.05, 0) is 77.7 Å². The van der Waals surface area contributed by atoms with Crippen LogP contribution < -0.4 is 10.5 Å². The maximum absolute atomic E-state index is 6.07. The predicted molar refractivity (Wildman–Crippen MR) is 112 cm³/mol. The van der Waals surface area contributed by atoms with Gasteiger partial charge in [0.25, 0.3) is 0 Å². The molecule has 0 radical (unpaired) electrons. The van der Waals surface area contributed by atoms with Crippen LogP contribution in [0, 0.1) is 0 Å². The van der Waals surface area contributed by atoms with Gasteiger partial charge < -0.3 is 15.4 Å². The number of rotatable bonds is 9. The number of nitrogens with two attached hydrogens (primary N) is 1. The first-order chi connectivity index (χ1) is 12.3. The van der Waals surface area contributed by atoms with Crippen molar-refractivity contribution in [3.63, 3.8) is 0 Å². The number of unbranched alkanes of at least 4 members (excludes halogenated alkanes) is 2. The van der Waals surface area contributed by atoms with Gasteiger partial charge in [0, 0.05) is 10.9 Å². The summed E-state index contributed by atoms with van der Waals surface area (Å²) in [6.45, 7) is 10.7. The zero-order valence-corrected chi connectivity index (χ0v) is 17.1. The second kappa shape index (κ2) is 9.22. The second-order valence-electron chi connectivity index (χ2n) is 8.15. The largest absolute Gasteiger partial charge is 0.490 e. The lowest BCUT2D eigenvalue weighted by Crippen LogP contribution is -2.38. The number of benzene rings is 1. The Balaban J connectivity index is 1.95. The van der Waals surface area contributed by atoms with E-state index in [1.165, 1.54) is 18.4 Å². The van der Waals surface area contributed by atoms with Crippen LogP contribution in [0.5, 0.6) is 5.75 Å². The maximum atomic E-state index is 6.07. The van der Waals surface area contributed by atoms with Gasteiger partial charge in [-0.15, -0.1) is 0 Å². The summed E-state index contributed by atoms with van der Waals surface area (Å²) in [5.74, 6) is 1.18. The fourth-order valence-electron chi connectivity index (χ4n) is 2.82. The van der Waals surface area contributed by atoms with Gasteiger partial charge >= 0.3 is 0 Å². The molecule has 0 aliphatic heterocycles. The Kier molecular flexibility index (Phi) is 7.27. The summed E-state index contributed by atoms with van der Waals surface area (Å²) < 4.78 is 5.75. The highest BCUT2D eigenvalue weighted by molar-refractivity contribution is 5.83. The van der Waals surface area contributed by atoms with E-state index in [4.69, 9.17) is 10.5 Å². The van der Waals surface area contributed by atoms with E-state index in [1.54, 1.807) is 0 Å². The monoisotopic (exact) mass is 357 g/mol. The molecule has 0 spiro atoms. The number of nitrogen functional groups attached to an aromatic ring is 1. The fraction of sp³-hybridized carbons (Fsp3) is 0.591. The van der Waals surface area contributed by atoms with Gasteiger partial charge in [-0.3, -0.25) is 0 Å². The van der Waals surface area contributed by atoms with Crippen molar-refractivity contribution in [2.24, 2.45) is 0 Å². The van der Waals surface area contributed by atoms with Crippen LogP contribution in [0.3, 0.4) is 0 Å². The number of nitrogens with zero attached hydrogens (tertiary/aromatic N) is 2. The molecule has 144 valence electrons. The minimum atomic E-state index is 0.237. The molecule has 4 nitrogen and oxygen atoms in total. The summed E-state index contributed by atoms with van der Waals surface area (Å²) >= 11 is 0. The third kappa shape index (κ3) is 5.87. The molecule has 1 aromatic carbocycles. The lowest BCUT2D eigenvalue weighted by atomic mass is 10.0. The number of hydrogen-bond acceptors (Lipinski definition) is 4. The Morgan fingerprint density at radius 1 is 1.12 bits per heavy atom. The maximum Gasteiger partial charge on any atom is 0.166 e. The first-order valence-corrected chi connectivity index (χ1v) is 9.84. The number of aryl methyl sites for hydroxylation is 1. The van der Waals surface area contributed by atoms with Crippen LogP contribution in [-0.2, 0) is 6.42 Å². The highest BCUT2D eigenvalue weighted by Crippen LogP contribution is 2.26. The number of hydrogen-bond donors (Lipinski definition) is 1. The molecule has 0 saturated heterocycles. The van der Waals surface area contributed by atoms with Crippen molar-refractivity contribution < 1.29 is 4.74 Å². The van der Waals surface area contributed by atoms with E-state index in [2.05, 4.69) is 62.8 Å². The van der Waals surface area contributed by atoms with Crippen molar-refractivity contribution in [2.75, 3.05) is 25.9 Å². The Bertz CT molecular complexity index is 706.